The van der Waals surface area contributed by atoms with Gasteiger partial charge in [-0.15, -0.1) is 10.6 Å². The van der Waals surface area contributed by atoms with Gasteiger partial charge in [-0.1, -0.05) is 8.07 Å². The Morgan fingerprint density at radius 1 is 0.737 bits per heavy atom. The molecule has 2 rings (SSSR count). The van der Waals surface area contributed by atoms with Crippen molar-refractivity contribution in [2.75, 3.05) is 0 Å². The summed E-state index contributed by atoms with van der Waals surface area (Å²) in [6, 6.07) is 18.7. The first kappa shape index (κ1) is 16.7. The summed E-state index contributed by atoms with van der Waals surface area (Å²) in [6.45, 7) is 9.17. The molecule has 0 aliphatic heterocycles. The van der Waals surface area contributed by atoms with Crippen LogP contribution < -0.4 is 10.6 Å². The van der Waals surface area contributed by atoms with Gasteiger partial charge < -0.3 is 0 Å². The van der Waals surface area contributed by atoms with Gasteiger partial charge in [0.05, 0.1) is 0 Å². The standard InChI is InChI=1S/C16H22NP.Fe/c1-13(2)17(14(3)4)18(15-9-5-6-10-15)16-11-7-8-12-16;/h5-14H,1-4H3;/q-2;. The Morgan fingerprint density at radius 2 is 1.05 bits per heavy atom. The summed E-state index contributed by atoms with van der Waals surface area (Å²) in [6.07, 6.45) is 0. The molecule has 0 aliphatic rings. The van der Waals surface area contributed by atoms with Crippen molar-refractivity contribution in [3.63, 3.8) is 0 Å². The third kappa shape index (κ3) is 3.80. The molecule has 106 valence electrons. The number of hydrogen-bond acceptors (Lipinski definition) is 1. The molecule has 0 radical (unpaired) electrons. The molecule has 0 bridgehead atoms. The molecule has 2 aromatic carbocycles. The van der Waals surface area contributed by atoms with E-state index in [0.29, 0.717) is 12.1 Å². The van der Waals surface area contributed by atoms with Crippen molar-refractivity contribution in [2.24, 2.45) is 0 Å². The predicted molar refractivity (Wildman–Crippen MR) is 82.4 cm³/mol. The predicted octanol–water partition coefficient (Wildman–Crippen LogP) is 3.59. The van der Waals surface area contributed by atoms with E-state index >= 15 is 0 Å². The molecule has 19 heavy (non-hydrogen) atoms. The molecule has 0 aromatic heterocycles. The Labute approximate surface area is 129 Å². The molecule has 3 heteroatoms. The molecule has 0 unspecified atom stereocenters. The monoisotopic (exact) mass is 315 g/mol. The van der Waals surface area contributed by atoms with Crippen LogP contribution in [-0.2, 0) is 17.1 Å². The first-order chi connectivity index (χ1) is 8.61. The van der Waals surface area contributed by atoms with Crippen molar-refractivity contribution in [3.05, 3.63) is 48.5 Å². The van der Waals surface area contributed by atoms with Crippen LogP contribution in [0.2, 0.25) is 0 Å². The van der Waals surface area contributed by atoms with Crippen molar-refractivity contribution in [1.29, 1.82) is 0 Å². The average molecular weight is 315 g/mol. The Kier molecular flexibility index (Phi) is 6.50. The molecule has 1 nitrogen and oxygen atoms in total. The number of hydrogen-bond donors (Lipinski definition) is 0. The zero-order chi connectivity index (χ0) is 13.1. The van der Waals surface area contributed by atoms with Gasteiger partial charge in [0.25, 0.3) is 0 Å². The van der Waals surface area contributed by atoms with E-state index in [0.717, 1.165) is 0 Å². The van der Waals surface area contributed by atoms with Crippen LogP contribution in [0.15, 0.2) is 48.5 Å². The summed E-state index contributed by atoms with van der Waals surface area (Å²) < 4.78 is 2.64. The molecular formula is C16H22FeNP-2. The molecule has 0 fully saturated rings. The van der Waals surface area contributed by atoms with Crippen LogP contribution in [0.3, 0.4) is 0 Å². The Morgan fingerprint density at radius 3 is 1.32 bits per heavy atom. The topological polar surface area (TPSA) is 3.24 Å². The largest absolute Gasteiger partial charge is 0.291 e. The normalized spacial score (nSPS) is 11.6. The molecular weight excluding hydrogens is 293 g/mol. The van der Waals surface area contributed by atoms with Crippen LogP contribution in [0.5, 0.6) is 0 Å². The Hall–Kier alpha value is -0.391. The maximum absolute atomic E-state index is 2.64. The van der Waals surface area contributed by atoms with E-state index in [-0.39, 0.29) is 25.1 Å². The quantitative estimate of drug-likeness (QED) is 0.463. The average Bonchev–Trinajstić information content (AvgIpc) is 2.98. The van der Waals surface area contributed by atoms with Gasteiger partial charge in [0.2, 0.25) is 0 Å². The molecule has 0 atom stereocenters. The molecule has 0 heterocycles. The summed E-state index contributed by atoms with van der Waals surface area (Å²) in [4.78, 5) is 0. The molecule has 0 N–H and O–H groups in total. The molecule has 0 spiro atoms. The fourth-order valence-electron chi connectivity index (χ4n) is 2.48. The second-order valence-electron chi connectivity index (χ2n) is 5.17. The summed E-state index contributed by atoms with van der Waals surface area (Å²) in [7, 11) is -0.386. The minimum atomic E-state index is -0.386. The van der Waals surface area contributed by atoms with Gasteiger partial charge in [0.1, 0.15) is 0 Å². The van der Waals surface area contributed by atoms with Crippen LogP contribution >= 0.6 is 8.07 Å². The van der Waals surface area contributed by atoms with Crippen molar-refractivity contribution in [2.45, 2.75) is 39.8 Å². The van der Waals surface area contributed by atoms with E-state index in [1.165, 1.54) is 10.6 Å². The second kappa shape index (κ2) is 7.41. The Bertz CT molecular complexity index is 403. The van der Waals surface area contributed by atoms with Gasteiger partial charge >= 0.3 is 0 Å². The fourth-order valence-corrected chi connectivity index (χ4v) is 5.15. The maximum atomic E-state index is 2.64. The maximum Gasteiger partial charge on any atom is 0.00663 e. The molecule has 0 amide bonds. The van der Waals surface area contributed by atoms with E-state index in [4.69, 9.17) is 0 Å². The first-order valence-electron chi connectivity index (χ1n) is 6.63. The van der Waals surface area contributed by atoms with Crippen LogP contribution in [0.1, 0.15) is 27.7 Å². The summed E-state index contributed by atoms with van der Waals surface area (Å²) in [5.74, 6) is 0. The van der Waals surface area contributed by atoms with E-state index in [9.17, 15) is 0 Å². The number of nitrogens with zero attached hydrogens (tertiary/aromatic N) is 1. The van der Waals surface area contributed by atoms with Crippen molar-refractivity contribution in [3.8, 4) is 0 Å². The molecule has 0 saturated carbocycles. The summed E-state index contributed by atoms with van der Waals surface area (Å²) in [5, 5.41) is 2.91. The van der Waals surface area contributed by atoms with Crippen LogP contribution in [0, 0.1) is 0 Å². The SMILES string of the molecule is CC(C)N(C(C)C)P([c-]1cccc1)[c-]1cccc1.[Fe]. The third-order valence-electron chi connectivity index (χ3n) is 3.07. The van der Waals surface area contributed by atoms with E-state index in [1.54, 1.807) is 0 Å². The Balaban J connectivity index is 0.00000180. The van der Waals surface area contributed by atoms with Crippen LogP contribution in [0.4, 0.5) is 0 Å². The number of rotatable bonds is 5. The fraction of sp³-hybridized carbons (Fsp3) is 0.375. The zero-order valence-corrected chi connectivity index (χ0v) is 14.0. The molecule has 0 saturated heterocycles. The molecule has 0 aliphatic carbocycles. The van der Waals surface area contributed by atoms with Gasteiger partial charge in [0.15, 0.2) is 0 Å². The summed E-state index contributed by atoms with van der Waals surface area (Å²) in [5.41, 5.74) is 0. The third-order valence-corrected chi connectivity index (χ3v) is 6.03. The van der Waals surface area contributed by atoms with E-state index in [2.05, 4.69) is 80.9 Å². The van der Waals surface area contributed by atoms with E-state index in [1.807, 2.05) is 0 Å². The van der Waals surface area contributed by atoms with Crippen LogP contribution in [0.25, 0.3) is 0 Å². The smallest absolute Gasteiger partial charge is 0.00663 e. The van der Waals surface area contributed by atoms with Gasteiger partial charge in [-0.2, -0.15) is 24.3 Å². The van der Waals surface area contributed by atoms with Gasteiger partial charge in [-0.25, -0.2) is 24.3 Å². The van der Waals surface area contributed by atoms with Gasteiger partial charge in [-0.05, 0) is 27.7 Å². The van der Waals surface area contributed by atoms with E-state index < -0.39 is 0 Å². The minimum Gasteiger partial charge on any atom is -0.291 e. The van der Waals surface area contributed by atoms with Crippen molar-refractivity contribution >= 4 is 18.7 Å². The summed E-state index contributed by atoms with van der Waals surface area (Å²) >= 11 is 0. The van der Waals surface area contributed by atoms with Crippen molar-refractivity contribution < 1.29 is 17.1 Å². The first-order valence-corrected chi connectivity index (χ1v) is 7.92. The van der Waals surface area contributed by atoms with Crippen LogP contribution in [-0.4, -0.2) is 16.8 Å². The second-order valence-corrected chi connectivity index (χ2v) is 7.28. The zero-order valence-electron chi connectivity index (χ0n) is 12.0. The van der Waals surface area contributed by atoms with Gasteiger partial charge in [-0.3, -0.25) is 4.67 Å². The van der Waals surface area contributed by atoms with Crippen molar-refractivity contribution in [1.82, 2.24) is 4.67 Å². The van der Waals surface area contributed by atoms with Gasteiger partial charge in [0, 0.05) is 29.2 Å². The minimum absolute atomic E-state index is 0. The molecule has 2 aromatic rings.